The summed E-state index contributed by atoms with van der Waals surface area (Å²) in [5.41, 5.74) is -0.513. The summed E-state index contributed by atoms with van der Waals surface area (Å²) in [6.07, 6.45) is -0.462. The fourth-order valence-electron chi connectivity index (χ4n) is 1.79. The predicted molar refractivity (Wildman–Crippen MR) is 104 cm³/mol. The van der Waals surface area contributed by atoms with Gasteiger partial charge in [-0.15, -0.1) is 0 Å². The lowest BCUT2D eigenvalue weighted by molar-refractivity contribution is -0.309. The Labute approximate surface area is 178 Å². The molecule has 11 nitrogen and oxygen atoms in total. The van der Waals surface area contributed by atoms with E-state index in [-0.39, 0.29) is 6.61 Å². The molecule has 0 aromatic heterocycles. The van der Waals surface area contributed by atoms with E-state index in [1.165, 1.54) is 0 Å². The van der Waals surface area contributed by atoms with E-state index in [4.69, 9.17) is 33.2 Å². The maximum absolute atomic E-state index is 11.4. The summed E-state index contributed by atoms with van der Waals surface area (Å²) >= 11 is 0. The monoisotopic (exact) mass is 438 g/mol. The minimum Gasteiger partial charge on any atom is -0.548 e. The Balaban J connectivity index is 3.13. The van der Waals surface area contributed by atoms with E-state index < -0.39 is 24.3 Å². The van der Waals surface area contributed by atoms with Crippen molar-refractivity contribution in [2.45, 2.75) is 26.4 Å². The number of alkyl carbamates (subject to hydrolysis) is 1. The van der Waals surface area contributed by atoms with Crippen LogP contribution in [-0.4, -0.2) is 103 Å². The van der Waals surface area contributed by atoms with Crippen molar-refractivity contribution in [2.24, 2.45) is 0 Å². The first-order valence-electron chi connectivity index (χ1n) is 9.94. The first kappa shape index (κ1) is 28.5. The van der Waals surface area contributed by atoms with Crippen LogP contribution in [0.4, 0.5) is 4.79 Å². The van der Waals surface area contributed by atoms with E-state index in [9.17, 15) is 14.7 Å². The van der Waals surface area contributed by atoms with E-state index in [1.807, 2.05) is 0 Å². The average Bonchev–Trinajstić information content (AvgIpc) is 2.64. The van der Waals surface area contributed by atoms with E-state index in [0.29, 0.717) is 72.6 Å². The number of carbonyl (C=O) groups excluding carboxylic acids is 2. The first-order valence-corrected chi connectivity index (χ1v) is 9.94. The number of ether oxygens (including phenoxy) is 7. The lowest BCUT2D eigenvalue weighted by atomic mass is 10.2. The Morgan fingerprint density at radius 1 is 0.667 bits per heavy atom. The molecule has 11 heteroatoms. The van der Waals surface area contributed by atoms with Crippen LogP contribution < -0.4 is 10.4 Å². The molecule has 0 fully saturated rings. The largest absolute Gasteiger partial charge is 0.548 e. The third-order valence-electron chi connectivity index (χ3n) is 2.99. The van der Waals surface area contributed by atoms with E-state index >= 15 is 0 Å². The SMILES string of the molecule is CC(C)(C)OC(=O)NCCOCCOCCOCCOCCOCCOCC(=O)[O-]. The number of carbonyl (C=O) groups is 2. The molecule has 0 bridgehead atoms. The summed E-state index contributed by atoms with van der Waals surface area (Å²) in [6.45, 7) is 9.72. The zero-order chi connectivity index (χ0) is 22.5. The van der Waals surface area contributed by atoms with Crippen molar-refractivity contribution < 1.29 is 47.9 Å². The number of aliphatic carboxylic acids is 1. The molecule has 0 aromatic carbocycles. The lowest BCUT2D eigenvalue weighted by Crippen LogP contribution is -2.34. The Kier molecular flexibility index (Phi) is 18.5. The molecule has 178 valence electrons. The number of carboxylic acids is 1. The molecule has 0 spiro atoms. The van der Waals surface area contributed by atoms with Gasteiger partial charge >= 0.3 is 6.09 Å². The van der Waals surface area contributed by atoms with E-state index in [1.54, 1.807) is 20.8 Å². The Bertz CT molecular complexity index is 428. The smallest absolute Gasteiger partial charge is 0.407 e. The van der Waals surface area contributed by atoms with Gasteiger partial charge in [-0.3, -0.25) is 0 Å². The molecular weight excluding hydrogens is 402 g/mol. The zero-order valence-corrected chi connectivity index (χ0v) is 18.3. The van der Waals surface area contributed by atoms with Gasteiger partial charge in [0.2, 0.25) is 0 Å². The minimum absolute atomic E-state index is 0.200. The predicted octanol–water partition coefficient (Wildman–Crippen LogP) is -0.639. The van der Waals surface area contributed by atoms with Gasteiger partial charge in [0, 0.05) is 6.54 Å². The fraction of sp³-hybridized carbons (Fsp3) is 0.895. The van der Waals surface area contributed by atoms with Gasteiger partial charge in [0.25, 0.3) is 0 Å². The lowest BCUT2D eigenvalue weighted by Gasteiger charge is -2.19. The maximum atomic E-state index is 11.4. The highest BCUT2D eigenvalue weighted by Gasteiger charge is 2.15. The highest BCUT2D eigenvalue weighted by molar-refractivity contribution is 5.67. The third kappa shape index (κ3) is 24.5. The second-order valence-corrected chi connectivity index (χ2v) is 6.92. The minimum atomic E-state index is -1.25. The van der Waals surface area contributed by atoms with Gasteiger partial charge in [0.1, 0.15) is 5.60 Å². The normalized spacial score (nSPS) is 11.4. The Morgan fingerprint density at radius 2 is 1.03 bits per heavy atom. The van der Waals surface area contributed by atoms with Crippen LogP contribution in [0.2, 0.25) is 0 Å². The summed E-state index contributed by atoms with van der Waals surface area (Å²) in [5.74, 6) is -1.25. The summed E-state index contributed by atoms with van der Waals surface area (Å²) in [6, 6.07) is 0. The van der Waals surface area contributed by atoms with Crippen molar-refractivity contribution in [3.8, 4) is 0 Å². The topological polar surface area (TPSA) is 134 Å². The molecule has 0 aromatic rings. The van der Waals surface area contributed by atoms with Crippen molar-refractivity contribution in [1.29, 1.82) is 0 Å². The number of hydrogen-bond donors (Lipinski definition) is 1. The van der Waals surface area contributed by atoms with Gasteiger partial charge in [0.05, 0.1) is 85.3 Å². The molecule has 1 amide bonds. The molecule has 0 aliphatic rings. The second-order valence-electron chi connectivity index (χ2n) is 6.92. The van der Waals surface area contributed by atoms with Gasteiger partial charge in [-0.05, 0) is 20.8 Å². The fourth-order valence-corrected chi connectivity index (χ4v) is 1.79. The average molecular weight is 438 g/mol. The number of carboxylic acid groups (broad SMARTS) is 1. The van der Waals surface area contributed by atoms with Crippen LogP contribution >= 0.6 is 0 Å². The summed E-state index contributed by atoms with van der Waals surface area (Å²) in [5, 5.41) is 12.7. The number of nitrogens with one attached hydrogen (secondary N) is 1. The molecule has 1 N–H and O–H groups in total. The van der Waals surface area contributed by atoms with Gasteiger partial charge in [0.15, 0.2) is 0 Å². The molecule has 30 heavy (non-hydrogen) atoms. The second kappa shape index (κ2) is 19.5. The molecule has 0 saturated heterocycles. The standard InChI is InChI=1S/C19H37NO10/c1-19(2,3)30-18(23)20-4-5-24-6-7-25-8-9-26-10-11-27-12-13-28-14-15-29-16-17(21)22/h4-16H2,1-3H3,(H,20,23)(H,21,22)/p-1. The van der Waals surface area contributed by atoms with Gasteiger partial charge in [-0.1, -0.05) is 0 Å². The molecule has 0 atom stereocenters. The Morgan fingerprint density at radius 3 is 1.40 bits per heavy atom. The highest BCUT2D eigenvalue weighted by atomic mass is 16.6. The van der Waals surface area contributed by atoms with Crippen LogP contribution in [0, 0.1) is 0 Å². The van der Waals surface area contributed by atoms with Crippen molar-refractivity contribution in [2.75, 3.05) is 85.8 Å². The Hall–Kier alpha value is -1.50. The van der Waals surface area contributed by atoms with Gasteiger partial charge in [-0.2, -0.15) is 0 Å². The molecule has 0 aliphatic heterocycles. The van der Waals surface area contributed by atoms with E-state index in [0.717, 1.165) is 0 Å². The summed E-state index contributed by atoms with van der Waals surface area (Å²) < 4.78 is 36.4. The van der Waals surface area contributed by atoms with Crippen LogP contribution in [0.5, 0.6) is 0 Å². The number of rotatable bonds is 20. The van der Waals surface area contributed by atoms with Crippen LogP contribution in [0.3, 0.4) is 0 Å². The van der Waals surface area contributed by atoms with Crippen LogP contribution in [0.15, 0.2) is 0 Å². The van der Waals surface area contributed by atoms with Crippen LogP contribution in [0.1, 0.15) is 20.8 Å². The molecule has 0 rings (SSSR count). The molecule has 0 heterocycles. The van der Waals surface area contributed by atoms with Crippen molar-refractivity contribution in [3.05, 3.63) is 0 Å². The van der Waals surface area contributed by atoms with E-state index in [2.05, 4.69) is 5.32 Å². The molecule has 0 saturated carbocycles. The maximum Gasteiger partial charge on any atom is 0.407 e. The van der Waals surface area contributed by atoms with Gasteiger partial charge < -0.3 is 48.4 Å². The summed E-state index contributed by atoms with van der Waals surface area (Å²) in [7, 11) is 0. The molecule has 0 aliphatic carbocycles. The van der Waals surface area contributed by atoms with Crippen LogP contribution in [-0.2, 0) is 38.0 Å². The zero-order valence-electron chi connectivity index (χ0n) is 18.3. The number of hydrogen-bond acceptors (Lipinski definition) is 10. The number of amides is 1. The van der Waals surface area contributed by atoms with Crippen LogP contribution in [0.25, 0.3) is 0 Å². The molecule has 0 radical (unpaired) electrons. The molecular formula is C19H36NO10-. The molecule has 0 unspecified atom stereocenters. The van der Waals surface area contributed by atoms with Crippen molar-refractivity contribution in [3.63, 3.8) is 0 Å². The van der Waals surface area contributed by atoms with Crippen molar-refractivity contribution >= 4 is 12.1 Å². The summed E-state index contributed by atoms with van der Waals surface area (Å²) in [4.78, 5) is 21.5. The quantitative estimate of drug-likeness (QED) is 0.245. The van der Waals surface area contributed by atoms with Crippen molar-refractivity contribution in [1.82, 2.24) is 5.32 Å². The van der Waals surface area contributed by atoms with Gasteiger partial charge in [-0.25, -0.2) is 4.79 Å². The third-order valence-corrected chi connectivity index (χ3v) is 2.99. The highest BCUT2D eigenvalue weighted by Crippen LogP contribution is 2.05. The first-order chi connectivity index (χ1) is 14.3.